The van der Waals surface area contributed by atoms with Crippen LogP contribution in [0.15, 0.2) is 42.6 Å². The second-order valence-corrected chi connectivity index (χ2v) is 7.03. The van der Waals surface area contributed by atoms with Gasteiger partial charge in [-0.05, 0) is 49.7 Å². The number of rotatable bonds is 5. The first-order valence-electron chi connectivity index (χ1n) is 8.87. The van der Waals surface area contributed by atoms with Gasteiger partial charge < -0.3 is 9.64 Å². The van der Waals surface area contributed by atoms with Gasteiger partial charge in [-0.1, -0.05) is 17.7 Å². The monoisotopic (exact) mass is 373 g/mol. The minimum atomic E-state index is -0.516. The number of halogens is 1. The highest BCUT2D eigenvalue weighted by Gasteiger charge is 2.26. The largest absolute Gasteiger partial charge is 0.481 e. The lowest BCUT2D eigenvalue weighted by atomic mass is 10.2. The number of pyridine rings is 1. The summed E-state index contributed by atoms with van der Waals surface area (Å²) in [6.07, 6.45) is 1.30. The molecule has 1 amide bonds. The first kappa shape index (κ1) is 18.7. The summed E-state index contributed by atoms with van der Waals surface area (Å²) < 4.78 is 5.86. The van der Waals surface area contributed by atoms with E-state index in [2.05, 4.69) is 9.88 Å². The van der Waals surface area contributed by atoms with Crippen molar-refractivity contribution in [3.63, 3.8) is 0 Å². The highest BCUT2D eigenvalue weighted by molar-refractivity contribution is 6.30. The average Bonchev–Trinajstić information content (AvgIpc) is 2.65. The lowest BCUT2D eigenvalue weighted by Gasteiger charge is -2.35. The normalized spacial score (nSPS) is 16.3. The molecular weight excluding hydrogens is 350 g/mol. The van der Waals surface area contributed by atoms with Crippen LogP contribution in [0, 0.1) is 6.92 Å². The number of aromatic nitrogens is 1. The smallest absolute Gasteiger partial charge is 0.263 e. The van der Waals surface area contributed by atoms with E-state index in [-0.39, 0.29) is 5.91 Å². The molecule has 1 aromatic carbocycles. The molecular formula is C20H24ClN3O2. The Bertz CT molecular complexity index is 746. The number of aryl methyl sites for hydroxylation is 1. The van der Waals surface area contributed by atoms with Crippen molar-refractivity contribution < 1.29 is 9.53 Å². The van der Waals surface area contributed by atoms with Crippen molar-refractivity contribution in [1.29, 1.82) is 0 Å². The van der Waals surface area contributed by atoms with Gasteiger partial charge in [0.15, 0.2) is 6.10 Å². The Kier molecular flexibility index (Phi) is 6.12. The van der Waals surface area contributed by atoms with Crippen LogP contribution in [0.2, 0.25) is 5.02 Å². The van der Waals surface area contributed by atoms with Crippen molar-refractivity contribution in [3.05, 3.63) is 58.9 Å². The molecule has 0 saturated carbocycles. The second kappa shape index (κ2) is 8.52. The number of nitrogens with zero attached hydrogens (tertiary/aromatic N) is 3. The maximum atomic E-state index is 12.7. The van der Waals surface area contributed by atoms with Gasteiger partial charge in [0.05, 0.1) is 5.69 Å². The zero-order valence-corrected chi connectivity index (χ0v) is 15.9. The second-order valence-electron chi connectivity index (χ2n) is 6.59. The molecule has 1 aliphatic rings. The Morgan fingerprint density at radius 1 is 1.23 bits per heavy atom. The molecule has 1 atom stereocenters. The molecule has 26 heavy (non-hydrogen) atoms. The van der Waals surface area contributed by atoms with Crippen LogP contribution in [0.3, 0.4) is 0 Å². The molecule has 1 unspecified atom stereocenters. The summed E-state index contributed by atoms with van der Waals surface area (Å²) in [6, 6.07) is 11.4. The summed E-state index contributed by atoms with van der Waals surface area (Å²) >= 11 is 5.97. The molecule has 5 nitrogen and oxygen atoms in total. The van der Waals surface area contributed by atoms with Crippen molar-refractivity contribution >= 4 is 17.5 Å². The van der Waals surface area contributed by atoms with Crippen molar-refractivity contribution in [2.24, 2.45) is 0 Å². The van der Waals surface area contributed by atoms with E-state index < -0.39 is 6.10 Å². The molecule has 3 rings (SSSR count). The van der Waals surface area contributed by atoms with Crippen molar-refractivity contribution in [2.45, 2.75) is 26.5 Å². The number of benzene rings is 1. The van der Waals surface area contributed by atoms with Gasteiger partial charge in [-0.25, -0.2) is 0 Å². The summed E-state index contributed by atoms with van der Waals surface area (Å²) in [5, 5.41) is 0.665. The molecule has 138 valence electrons. The van der Waals surface area contributed by atoms with Crippen molar-refractivity contribution in [3.8, 4) is 5.75 Å². The predicted molar refractivity (Wildman–Crippen MR) is 102 cm³/mol. The first-order chi connectivity index (χ1) is 12.5. The fourth-order valence-electron chi connectivity index (χ4n) is 3.09. The standard InChI is InChI=1S/C20H24ClN3O2/c1-15-13-17(21)6-7-19(15)26-16(2)20(25)24-11-9-23(10-12-24)14-18-5-3-4-8-22-18/h3-8,13,16H,9-12,14H2,1-2H3. The predicted octanol–water partition coefficient (Wildman–Crippen LogP) is 3.16. The SMILES string of the molecule is Cc1cc(Cl)ccc1OC(C)C(=O)N1CCN(Cc2ccccn2)CC1. The highest BCUT2D eigenvalue weighted by atomic mass is 35.5. The van der Waals surface area contributed by atoms with Gasteiger partial charge in [-0.2, -0.15) is 0 Å². The minimum absolute atomic E-state index is 0.0248. The summed E-state index contributed by atoms with van der Waals surface area (Å²) in [7, 11) is 0. The Labute approximate surface area is 159 Å². The number of hydrogen-bond acceptors (Lipinski definition) is 4. The van der Waals surface area contributed by atoms with E-state index in [0.29, 0.717) is 23.9 Å². The molecule has 1 aromatic heterocycles. The van der Waals surface area contributed by atoms with Gasteiger partial charge >= 0.3 is 0 Å². The number of ether oxygens (including phenoxy) is 1. The van der Waals surface area contributed by atoms with Crippen LogP contribution in [-0.2, 0) is 11.3 Å². The van der Waals surface area contributed by atoms with E-state index in [1.165, 1.54) is 0 Å². The molecule has 0 aliphatic carbocycles. The lowest BCUT2D eigenvalue weighted by molar-refractivity contribution is -0.139. The van der Waals surface area contributed by atoms with Crippen LogP contribution < -0.4 is 4.74 Å². The van der Waals surface area contributed by atoms with Crippen molar-refractivity contribution in [2.75, 3.05) is 26.2 Å². The molecule has 0 N–H and O–H groups in total. The van der Waals surface area contributed by atoms with E-state index in [1.807, 2.05) is 48.4 Å². The maximum absolute atomic E-state index is 12.7. The van der Waals surface area contributed by atoms with E-state index in [0.717, 1.165) is 30.9 Å². The summed E-state index contributed by atoms with van der Waals surface area (Å²) in [6.45, 7) is 7.65. The Morgan fingerprint density at radius 3 is 2.65 bits per heavy atom. The van der Waals surface area contributed by atoms with Crippen LogP contribution in [0.5, 0.6) is 5.75 Å². The number of hydrogen-bond donors (Lipinski definition) is 0. The quantitative estimate of drug-likeness (QED) is 0.807. The Morgan fingerprint density at radius 2 is 2.00 bits per heavy atom. The highest BCUT2D eigenvalue weighted by Crippen LogP contribution is 2.23. The van der Waals surface area contributed by atoms with Gasteiger partial charge in [0, 0.05) is 43.9 Å². The molecule has 2 aromatic rings. The minimum Gasteiger partial charge on any atom is -0.481 e. The van der Waals surface area contributed by atoms with E-state index >= 15 is 0 Å². The number of carbonyl (C=O) groups excluding carboxylic acids is 1. The van der Waals surface area contributed by atoms with Crippen LogP contribution in [0.25, 0.3) is 0 Å². The van der Waals surface area contributed by atoms with Gasteiger partial charge in [-0.3, -0.25) is 14.7 Å². The third kappa shape index (κ3) is 4.74. The third-order valence-electron chi connectivity index (χ3n) is 4.58. The van der Waals surface area contributed by atoms with Crippen molar-refractivity contribution in [1.82, 2.24) is 14.8 Å². The van der Waals surface area contributed by atoms with Crippen LogP contribution in [-0.4, -0.2) is 53.0 Å². The number of carbonyl (C=O) groups is 1. The van der Waals surface area contributed by atoms with Crippen LogP contribution in [0.1, 0.15) is 18.2 Å². The van der Waals surface area contributed by atoms with Gasteiger partial charge in [0.25, 0.3) is 5.91 Å². The Hall–Kier alpha value is -2.11. The molecule has 0 radical (unpaired) electrons. The molecule has 6 heteroatoms. The van der Waals surface area contributed by atoms with Crippen LogP contribution in [0.4, 0.5) is 0 Å². The summed E-state index contributed by atoms with van der Waals surface area (Å²) in [5.41, 5.74) is 1.99. The molecule has 0 bridgehead atoms. The molecule has 1 saturated heterocycles. The fraction of sp³-hybridized carbons (Fsp3) is 0.400. The van der Waals surface area contributed by atoms with Gasteiger partial charge in [0.2, 0.25) is 0 Å². The number of amides is 1. The van der Waals surface area contributed by atoms with Crippen LogP contribution >= 0.6 is 11.6 Å². The molecule has 1 fully saturated rings. The maximum Gasteiger partial charge on any atom is 0.263 e. The molecule has 0 spiro atoms. The fourth-order valence-corrected chi connectivity index (χ4v) is 3.32. The zero-order valence-electron chi connectivity index (χ0n) is 15.2. The summed E-state index contributed by atoms with van der Waals surface area (Å²) in [4.78, 5) is 21.3. The topological polar surface area (TPSA) is 45.7 Å². The van der Waals surface area contributed by atoms with E-state index in [9.17, 15) is 4.79 Å². The average molecular weight is 374 g/mol. The van der Waals surface area contributed by atoms with E-state index in [1.54, 1.807) is 13.0 Å². The third-order valence-corrected chi connectivity index (χ3v) is 4.82. The van der Waals surface area contributed by atoms with Gasteiger partial charge in [-0.15, -0.1) is 0 Å². The molecule has 1 aliphatic heterocycles. The summed E-state index contributed by atoms with van der Waals surface area (Å²) in [5.74, 6) is 0.723. The lowest BCUT2D eigenvalue weighted by Crippen LogP contribution is -2.51. The van der Waals surface area contributed by atoms with E-state index in [4.69, 9.17) is 16.3 Å². The number of piperazine rings is 1. The Balaban J connectivity index is 1.51. The van der Waals surface area contributed by atoms with Gasteiger partial charge in [0.1, 0.15) is 5.75 Å². The zero-order chi connectivity index (χ0) is 18.5. The molecule has 2 heterocycles. The first-order valence-corrected chi connectivity index (χ1v) is 9.24.